The van der Waals surface area contributed by atoms with Crippen molar-refractivity contribution in [2.75, 3.05) is 9.80 Å². The van der Waals surface area contributed by atoms with Crippen molar-refractivity contribution in [1.82, 2.24) is 4.57 Å². The van der Waals surface area contributed by atoms with Crippen LogP contribution in [0.15, 0.2) is 261 Å². The van der Waals surface area contributed by atoms with E-state index in [9.17, 15) is 0 Å². The Bertz CT molecular complexity index is 4360. The molecule has 1 heterocycles. The van der Waals surface area contributed by atoms with E-state index in [1.54, 1.807) is 11.1 Å². The molecule has 3 heteroatoms. The molecule has 96 heavy (non-hydrogen) atoms. The van der Waals surface area contributed by atoms with Crippen molar-refractivity contribution in [2.45, 2.75) is 174 Å². The van der Waals surface area contributed by atoms with Crippen LogP contribution < -0.4 is 9.80 Å². The molecule has 0 fully saturated rings. The van der Waals surface area contributed by atoms with Crippen LogP contribution in [0.25, 0.3) is 72.0 Å². The van der Waals surface area contributed by atoms with E-state index in [1.165, 1.54) is 219 Å². The maximum atomic E-state index is 2.63. The number of nitrogens with zero attached hydrogens (tertiary/aromatic N) is 3. The molecule has 486 valence electrons. The molecule has 1 aliphatic carbocycles. The number of aromatic nitrogens is 1. The second-order valence-electron chi connectivity index (χ2n) is 27.7. The summed E-state index contributed by atoms with van der Waals surface area (Å²) in [4.78, 5) is 4.73. The number of benzene rings is 11. The lowest BCUT2D eigenvalue weighted by atomic mass is 9.70. The Kier molecular flexibility index (Phi) is 21.5. The van der Waals surface area contributed by atoms with Gasteiger partial charge >= 0.3 is 0 Å². The third-order valence-corrected chi connectivity index (χ3v) is 20.9. The van der Waals surface area contributed by atoms with Crippen molar-refractivity contribution >= 4 is 55.9 Å². The average molecular weight is 1260 g/mol. The van der Waals surface area contributed by atoms with E-state index in [1.807, 2.05) is 0 Å². The van der Waals surface area contributed by atoms with Crippen LogP contribution in [0.1, 0.15) is 177 Å². The first-order valence-corrected chi connectivity index (χ1v) is 36.9. The minimum atomic E-state index is 0.0315. The smallest absolute Gasteiger partial charge is 0.0547 e. The molecule has 0 atom stereocenters. The second kappa shape index (κ2) is 31.6. The summed E-state index contributed by atoms with van der Waals surface area (Å²) in [6.07, 6.45) is 29.8. The van der Waals surface area contributed by atoms with Crippen molar-refractivity contribution < 1.29 is 0 Å². The second-order valence-corrected chi connectivity index (χ2v) is 27.7. The molecule has 0 saturated heterocycles. The Hall–Kier alpha value is -9.18. The highest BCUT2D eigenvalue weighted by molar-refractivity contribution is 6.10. The zero-order valence-corrected chi connectivity index (χ0v) is 57.7. The number of unbranched alkanes of at least 4 members (excludes halogenated alkanes) is 18. The minimum Gasteiger partial charge on any atom is -0.311 e. The fraction of sp³-hybridized carbons (Fsp3) is 0.290. The van der Waals surface area contributed by atoms with Gasteiger partial charge in [0, 0.05) is 56.0 Å². The molecule has 1 aromatic heterocycles. The molecule has 0 aliphatic heterocycles. The lowest BCUT2D eigenvalue weighted by Gasteiger charge is -2.33. The van der Waals surface area contributed by atoms with Gasteiger partial charge in [-0.2, -0.15) is 0 Å². The van der Waals surface area contributed by atoms with Gasteiger partial charge in [-0.3, -0.25) is 0 Å². The molecule has 12 aromatic rings. The number of aryl methyl sites for hydroxylation is 2. The van der Waals surface area contributed by atoms with Crippen LogP contribution in [0.3, 0.4) is 0 Å². The normalized spacial score (nSPS) is 12.3. The topological polar surface area (TPSA) is 11.4 Å². The number of hydrogen-bond donors (Lipinski definition) is 0. The van der Waals surface area contributed by atoms with Crippen LogP contribution in [0.5, 0.6) is 0 Å². The molecule has 0 bridgehead atoms. The Morgan fingerprint density at radius 2 is 0.615 bits per heavy atom. The summed E-state index contributed by atoms with van der Waals surface area (Å²) in [6, 6.07) is 97.6. The highest BCUT2D eigenvalue weighted by Gasteiger charge is 2.42. The van der Waals surface area contributed by atoms with Gasteiger partial charge in [0.25, 0.3) is 0 Å². The molecule has 3 nitrogen and oxygen atoms in total. The summed E-state index contributed by atoms with van der Waals surface area (Å²) in [6.45, 7) is 9.13. The van der Waals surface area contributed by atoms with Crippen molar-refractivity contribution in [3.05, 3.63) is 283 Å². The van der Waals surface area contributed by atoms with Gasteiger partial charge in [-0.1, -0.05) is 311 Å². The van der Waals surface area contributed by atoms with E-state index in [-0.39, 0.29) is 5.41 Å². The highest BCUT2D eigenvalue weighted by Crippen LogP contribution is 2.56. The van der Waals surface area contributed by atoms with Crippen LogP contribution in [0.2, 0.25) is 0 Å². The van der Waals surface area contributed by atoms with Crippen LogP contribution in [0.4, 0.5) is 34.1 Å². The maximum Gasteiger partial charge on any atom is 0.0547 e. The molecule has 0 amide bonds. The fourth-order valence-corrected chi connectivity index (χ4v) is 15.7. The van der Waals surface area contributed by atoms with E-state index >= 15 is 0 Å². The zero-order valence-electron chi connectivity index (χ0n) is 57.7. The van der Waals surface area contributed by atoms with Gasteiger partial charge in [-0.05, 0) is 185 Å². The molecule has 0 saturated carbocycles. The van der Waals surface area contributed by atoms with Crippen molar-refractivity contribution in [3.63, 3.8) is 0 Å². The molecular weight excluding hydrogens is 1160 g/mol. The van der Waals surface area contributed by atoms with E-state index in [0.29, 0.717) is 0 Å². The van der Waals surface area contributed by atoms with Crippen LogP contribution >= 0.6 is 0 Å². The third-order valence-electron chi connectivity index (χ3n) is 20.9. The van der Waals surface area contributed by atoms with Crippen LogP contribution in [-0.4, -0.2) is 4.57 Å². The standard InChI is InChI=1S/C93H99N3/c1-5-7-9-11-13-15-17-19-21-31-65-93(66-32-22-20-18-16-14-12-10-8-6-2)89-67-71(4)41-62-85(89)86-63-50-76(68-90(86)93)74-46-56-82(57-47-74)95(80-52-39-70(3)40-53-80)83-58-48-75(49-59-83)77-51-64-88-87-37-29-30-38-91(87)96(92(88)69-77)84-60-44-73(45-61-84)72-42-54-81(55-43-72)94(78-33-25-23-26-34-78)79-35-27-24-28-36-79/h23-30,33-64,67-69H,5-22,31-32,65-66H2,1-4H3. The van der Waals surface area contributed by atoms with E-state index < -0.39 is 0 Å². The molecule has 1 aliphatic rings. The Balaban J connectivity index is 0.758. The predicted molar refractivity (Wildman–Crippen MR) is 415 cm³/mol. The lowest BCUT2D eigenvalue weighted by Crippen LogP contribution is -2.25. The Labute approximate surface area is 574 Å². The molecule has 13 rings (SSSR count). The van der Waals surface area contributed by atoms with E-state index in [0.717, 1.165) is 39.8 Å². The van der Waals surface area contributed by atoms with Gasteiger partial charge < -0.3 is 14.4 Å². The number of rotatable bonds is 32. The van der Waals surface area contributed by atoms with Gasteiger partial charge in [0.1, 0.15) is 0 Å². The summed E-state index contributed by atoms with van der Waals surface area (Å²) in [5.41, 5.74) is 26.4. The van der Waals surface area contributed by atoms with Crippen LogP contribution in [0, 0.1) is 13.8 Å². The highest BCUT2D eigenvalue weighted by atomic mass is 15.1. The molecule has 0 N–H and O–H groups in total. The number of anilines is 6. The summed E-state index contributed by atoms with van der Waals surface area (Å²) in [5, 5.41) is 2.49. The van der Waals surface area contributed by atoms with Gasteiger partial charge in [0.05, 0.1) is 11.0 Å². The van der Waals surface area contributed by atoms with Crippen molar-refractivity contribution in [3.8, 4) is 50.2 Å². The zero-order chi connectivity index (χ0) is 65.5. The summed E-state index contributed by atoms with van der Waals surface area (Å²) in [7, 11) is 0. The molecular formula is C93H99N3. The van der Waals surface area contributed by atoms with Gasteiger partial charge in [-0.25, -0.2) is 0 Å². The molecule has 0 unspecified atom stereocenters. The first-order chi connectivity index (χ1) is 47.4. The lowest BCUT2D eigenvalue weighted by molar-refractivity contribution is 0.397. The van der Waals surface area contributed by atoms with Crippen molar-refractivity contribution in [2.24, 2.45) is 0 Å². The van der Waals surface area contributed by atoms with Crippen molar-refractivity contribution in [1.29, 1.82) is 0 Å². The van der Waals surface area contributed by atoms with Crippen LogP contribution in [-0.2, 0) is 5.41 Å². The van der Waals surface area contributed by atoms with Gasteiger partial charge in [0.2, 0.25) is 0 Å². The number of para-hydroxylation sites is 3. The molecule has 0 radical (unpaired) electrons. The largest absolute Gasteiger partial charge is 0.311 e. The summed E-state index contributed by atoms with van der Waals surface area (Å²) >= 11 is 0. The van der Waals surface area contributed by atoms with Gasteiger partial charge in [-0.15, -0.1) is 0 Å². The third kappa shape index (κ3) is 14.8. The Morgan fingerprint density at radius 3 is 1.10 bits per heavy atom. The minimum absolute atomic E-state index is 0.0315. The maximum absolute atomic E-state index is 2.63. The first-order valence-electron chi connectivity index (χ1n) is 36.9. The van der Waals surface area contributed by atoms with Gasteiger partial charge in [0.15, 0.2) is 0 Å². The molecule has 0 spiro atoms. The number of hydrogen-bond acceptors (Lipinski definition) is 2. The first kappa shape index (κ1) is 65.5. The summed E-state index contributed by atoms with van der Waals surface area (Å²) < 4.78 is 2.44. The van der Waals surface area contributed by atoms with E-state index in [4.69, 9.17) is 0 Å². The SMILES string of the molecule is CCCCCCCCCCCCC1(CCCCCCCCCCCC)c2cc(C)ccc2-c2ccc(-c3ccc(N(c4ccc(C)cc4)c4ccc(-c5ccc6c7ccccc7n(-c7ccc(-c8ccc(N(c9ccccc9)c9ccccc9)cc8)cc7)c6c5)cc4)cc3)cc21. The Morgan fingerprint density at radius 1 is 0.271 bits per heavy atom. The monoisotopic (exact) mass is 1260 g/mol. The quantitative estimate of drug-likeness (QED) is 0.0389. The molecule has 11 aromatic carbocycles. The summed E-state index contributed by atoms with van der Waals surface area (Å²) in [5.74, 6) is 0. The fourth-order valence-electron chi connectivity index (χ4n) is 15.7. The predicted octanol–water partition coefficient (Wildman–Crippen LogP) is 28.2. The average Bonchev–Trinajstić information content (AvgIpc) is 1.56. The number of fused-ring (bicyclic) bond motifs is 6. The van der Waals surface area contributed by atoms with E-state index in [2.05, 4.69) is 303 Å².